The van der Waals surface area contributed by atoms with Gasteiger partial charge in [0.1, 0.15) is 6.54 Å². The van der Waals surface area contributed by atoms with Gasteiger partial charge in [-0.05, 0) is 30.4 Å². The lowest BCUT2D eigenvalue weighted by molar-refractivity contribution is -0.137. The van der Waals surface area contributed by atoms with E-state index >= 15 is 0 Å². The minimum Gasteiger partial charge on any atom is -0.480 e. The number of carboxylic acid groups (broad SMARTS) is 1. The first-order valence-electron chi connectivity index (χ1n) is 7.24. The highest BCUT2D eigenvalue weighted by molar-refractivity contribution is 5.93. The van der Waals surface area contributed by atoms with Crippen LogP contribution in [0.3, 0.4) is 0 Å². The van der Waals surface area contributed by atoms with Crippen molar-refractivity contribution in [2.24, 2.45) is 0 Å². The van der Waals surface area contributed by atoms with E-state index in [2.05, 4.69) is 19.2 Å². The summed E-state index contributed by atoms with van der Waals surface area (Å²) in [5.41, 5.74) is 2.81. The molecule has 0 fully saturated rings. The third kappa shape index (κ3) is 4.77. The Hall–Kier alpha value is -2.04. The number of rotatable bonds is 6. The Bertz CT molecular complexity index is 512. The fourth-order valence-electron chi connectivity index (χ4n) is 2.21. The molecule has 0 aliphatic rings. The predicted octanol–water partition coefficient (Wildman–Crippen LogP) is 3.45. The molecule has 1 aromatic rings. The number of anilines is 1. The van der Waals surface area contributed by atoms with Gasteiger partial charge in [0.15, 0.2) is 0 Å². The number of nitrogens with zero attached hydrogens (tertiary/aromatic N) is 1. The maximum atomic E-state index is 12.3. The first-order valence-corrected chi connectivity index (χ1v) is 7.24. The van der Waals surface area contributed by atoms with Gasteiger partial charge in [0, 0.05) is 12.2 Å². The van der Waals surface area contributed by atoms with Crippen molar-refractivity contribution < 1.29 is 14.7 Å². The summed E-state index contributed by atoms with van der Waals surface area (Å²) in [6.07, 6.45) is 0.714. The molecule has 1 aromatic carbocycles. The second kappa shape index (κ2) is 7.67. The number of carbonyl (C=O) groups is 2. The summed E-state index contributed by atoms with van der Waals surface area (Å²) in [6.45, 7) is 8.10. The molecule has 0 bridgehead atoms. The average Bonchev–Trinajstić information content (AvgIpc) is 2.39. The summed E-state index contributed by atoms with van der Waals surface area (Å²) >= 11 is 0. The Morgan fingerprint density at radius 2 is 2.00 bits per heavy atom. The zero-order valence-electron chi connectivity index (χ0n) is 13.1. The normalized spacial score (nSPS) is 10.5. The maximum absolute atomic E-state index is 12.3. The molecule has 0 aliphatic carbocycles. The molecule has 116 valence electrons. The Balaban J connectivity index is 2.98. The molecule has 0 heterocycles. The number of carbonyl (C=O) groups excluding carboxylic acids is 1. The molecule has 5 heteroatoms. The highest BCUT2D eigenvalue weighted by Gasteiger charge is 2.18. The van der Waals surface area contributed by atoms with Gasteiger partial charge in [-0.15, -0.1) is 0 Å². The molecule has 0 spiro atoms. The molecule has 0 saturated heterocycles. The monoisotopic (exact) mass is 292 g/mol. The number of urea groups is 1. The van der Waals surface area contributed by atoms with Crippen molar-refractivity contribution in [3.05, 3.63) is 29.3 Å². The number of benzene rings is 1. The minimum atomic E-state index is -1.01. The SMILES string of the molecule is CCCN(CC(=O)O)C(=O)Nc1c(C)cccc1C(C)C. The number of amides is 2. The largest absolute Gasteiger partial charge is 0.480 e. The Morgan fingerprint density at radius 3 is 2.52 bits per heavy atom. The van der Waals surface area contributed by atoms with E-state index in [4.69, 9.17) is 5.11 Å². The van der Waals surface area contributed by atoms with Gasteiger partial charge in [0.05, 0.1) is 0 Å². The smallest absolute Gasteiger partial charge is 0.323 e. The fourth-order valence-corrected chi connectivity index (χ4v) is 2.21. The summed E-state index contributed by atoms with van der Waals surface area (Å²) in [6, 6.07) is 5.51. The van der Waals surface area contributed by atoms with Crippen LogP contribution in [0.2, 0.25) is 0 Å². The van der Waals surface area contributed by atoms with Gasteiger partial charge >= 0.3 is 12.0 Å². The second-order valence-corrected chi connectivity index (χ2v) is 5.44. The molecule has 2 amide bonds. The molecule has 0 unspecified atom stereocenters. The van der Waals surface area contributed by atoms with E-state index in [1.54, 1.807) is 0 Å². The van der Waals surface area contributed by atoms with Gasteiger partial charge in [0.2, 0.25) is 0 Å². The van der Waals surface area contributed by atoms with Crippen LogP contribution in [0.4, 0.5) is 10.5 Å². The van der Waals surface area contributed by atoms with Gasteiger partial charge in [-0.25, -0.2) is 4.79 Å². The van der Waals surface area contributed by atoms with E-state index in [-0.39, 0.29) is 18.5 Å². The number of aliphatic carboxylic acids is 1. The number of hydrogen-bond acceptors (Lipinski definition) is 2. The molecule has 0 aromatic heterocycles. The third-order valence-corrected chi connectivity index (χ3v) is 3.27. The molecule has 21 heavy (non-hydrogen) atoms. The zero-order valence-corrected chi connectivity index (χ0v) is 13.1. The van der Waals surface area contributed by atoms with Crippen LogP contribution in [0.5, 0.6) is 0 Å². The number of nitrogens with one attached hydrogen (secondary N) is 1. The zero-order chi connectivity index (χ0) is 16.0. The third-order valence-electron chi connectivity index (χ3n) is 3.27. The molecule has 0 aliphatic heterocycles. The molecule has 0 atom stereocenters. The Kier molecular flexibility index (Phi) is 6.21. The van der Waals surface area contributed by atoms with E-state index in [1.807, 2.05) is 32.0 Å². The van der Waals surface area contributed by atoms with Gasteiger partial charge in [-0.3, -0.25) is 4.79 Å². The maximum Gasteiger partial charge on any atom is 0.323 e. The first-order chi connectivity index (χ1) is 9.86. The van der Waals surface area contributed by atoms with Gasteiger partial charge in [0.25, 0.3) is 0 Å². The van der Waals surface area contributed by atoms with Crippen molar-refractivity contribution >= 4 is 17.7 Å². The van der Waals surface area contributed by atoms with Gasteiger partial charge in [-0.2, -0.15) is 0 Å². The number of carboxylic acids is 1. The lowest BCUT2D eigenvalue weighted by Crippen LogP contribution is -2.39. The highest BCUT2D eigenvalue weighted by atomic mass is 16.4. The van der Waals surface area contributed by atoms with Crippen LogP contribution in [0.15, 0.2) is 18.2 Å². The Morgan fingerprint density at radius 1 is 1.33 bits per heavy atom. The van der Waals surface area contributed by atoms with Crippen molar-refractivity contribution in [3.63, 3.8) is 0 Å². The molecule has 0 radical (unpaired) electrons. The van der Waals surface area contributed by atoms with Crippen LogP contribution >= 0.6 is 0 Å². The first kappa shape index (κ1) is 17.0. The van der Waals surface area contributed by atoms with E-state index in [1.165, 1.54) is 4.90 Å². The molecular weight excluding hydrogens is 268 g/mol. The van der Waals surface area contributed by atoms with Crippen molar-refractivity contribution in [2.75, 3.05) is 18.4 Å². The van der Waals surface area contributed by atoms with Crippen LogP contribution in [0, 0.1) is 6.92 Å². The van der Waals surface area contributed by atoms with Crippen LogP contribution < -0.4 is 5.32 Å². The molecule has 0 saturated carbocycles. The van der Waals surface area contributed by atoms with E-state index in [0.29, 0.717) is 13.0 Å². The summed E-state index contributed by atoms with van der Waals surface area (Å²) in [5.74, 6) is -0.730. The van der Waals surface area contributed by atoms with E-state index < -0.39 is 5.97 Å². The summed E-state index contributed by atoms with van der Waals surface area (Å²) in [5, 5.41) is 11.8. The van der Waals surface area contributed by atoms with Crippen LogP contribution in [0.1, 0.15) is 44.2 Å². The lowest BCUT2D eigenvalue weighted by atomic mass is 9.98. The predicted molar refractivity (Wildman–Crippen MR) is 83.8 cm³/mol. The lowest BCUT2D eigenvalue weighted by Gasteiger charge is -2.23. The van der Waals surface area contributed by atoms with Crippen molar-refractivity contribution in [3.8, 4) is 0 Å². The van der Waals surface area contributed by atoms with Crippen LogP contribution in [-0.4, -0.2) is 35.1 Å². The van der Waals surface area contributed by atoms with Crippen molar-refractivity contribution in [2.45, 2.75) is 40.0 Å². The topological polar surface area (TPSA) is 69.6 Å². The minimum absolute atomic E-state index is 0.277. The van der Waals surface area contributed by atoms with Crippen LogP contribution in [0.25, 0.3) is 0 Å². The van der Waals surface area contributed by atoms with Crippen molar-refractivity contribution in [1.82, 2.24) is 4.90 Å². The Labute approximate surface area is 126 Å². The number of para-hydroxylation sites is 1. The quantitative estimate of drug-likeness (QED) is 0.843. The van der Waals surface area contributed by atoms with E-state index in [9.17, 15) is 9.59 Å². The van der Waals surface area contributed by atoms with Gasteiger partial charge in [-0.1, -0.05) is 39.0 Å². The van der Waals surface area contributed by atoms with Crippen molar-refractivity contribution in [1.29, 1.82) is 0 Å². The summed E-state index contributed by atoms with van der Waals surface area (Å²) in [4.78, 5) is 24.5. The molecule has 1 rings (SSSR count). The molecule has 5 nitrogen and oxygen atoms in total. The van der Waals surface area contributed by atoms with Gasteiger partial charge < -0.3 is 15.3 Å². The number of hydrogen-bond donors (Lipinski definition) is 2. The van der Waals surface area contributed by atoms with Crippen LogP contribution in [-0.2, 0) is 4.79 Å². The molecular formula is C16H24N2O3. The fraction of sp³-hybridized carbons (Fsp3) is 0.500. The highest BCUT2D eigenvalue weighted by Crippen LogP contribution is 2.27. The summed E-state index contributed by atoms with van der Waals surface area (Å²) in [7, 11) is 0. The summed E-state index contributed by atoms with van der Waals surface area (Å²) < 4.78 is 0. The number of aryl methyl sites for hydroxylation is 1. The second-order valence-electron chi connectivity index (χ2n) is 5.44. The standard InChI is InChI=1S/C16H24N2O3/c1-5-9-18(10-14(19)20)16(21)17-15-12(4)7-6-8-13(15)11(2)3/h6-8,11H,5,9-10H2,1-4H3,(H,17,21)(H,19,20). The van der Waals surface area contributed by atoms with E-state index in [0.717, 1.165) is 16.8 Å². The molecule has 2 N–H and O–H groups in total. The average molecular weight is 292 g/mol.